The lowest BCUT2D eigenvalue weighted by molar-refractivity contribution is -0.115. The van der Waals surface area contributed by atoms with Crippen LogP contribution < -0.4 is 0 Å². The first-order valence-corrected chi connectivity index (χ1v) is 17.5. The molecule has 1 aliphatic heterocycles. The van der Waals surface area contributed by atoms with Crippen LogP contribution in [0.5, 0.6) is 0 Å². The van der Waals surface area contributed by atoms with Crippen LogP contribution in [-0.2, 0) is 10.8 Å². The molecule has 1 nitrogen and oxygen atoms in total. The topological polar surface area (TPSA) is 17.1 Å². The van der Waals surface area contributed by atoms with Gasteiger partial charge in [0.15, 0.2) is 0 Å². The van der Waals surface area contributed by atoms with Gasteiger partial charge in [0, 0.05) is 27.1 Å². The van der Waals surface area contributed by atoms with Gasteiger partial charge in [0.05, 0.1) is 4.08 Å². The molecule has 0 radical (unpaired) electrons. The molecular weight excluding hydrogens is 508 g/mol. The number of hydrogen-bond acceptors (Lipinski definition) is 2. The van der Waals surface area contributed by atoms with Gasteiger partial charge in [0.2, 0.25) is 0 Å². The summed E-state index contributed by atoms with van der Waals surface area (Å²) in [7, 11) is -0.648. The second-order valence-electron chi connectivity index (χ2n) is 13.8. The molecular formula is C29H49BrOS2. The van der Waals surface area contributed by atoms with Crippen molar-refractivity contribution in [2.45, 2.75) is 114 Å². The Morgan fingerprint density at radius 3 is 2.42 bits per heavy atom. The quantitative estimate of drug-likeness (QED) is 0.315. The highest BCUT2D eigenvalue weighted by Crippen LogP contribution is 2.73. The number of alkyl halides is 1. The van der Waals surface area contributed by atoms with E-state index in [1.807, 2.05) is 0 Å². The summed E-state index contributed by atoms with van der Waals surface area (Å²) in [5.41, 5.74) is 0.933. The van der Waals surface area contributed by atoms with Crippen molar-refractivity contribution in [3.05, 3.63) is 0 Å². The minimum Gasteiger partial charge on any atom is -0.258 e. The van der Waals surface area contributed by atoms with Crippen molar-refractivity contribution in [1.29, 1.82) is 0 Å². The van der Waals surface area contributed by atoms with Gasteiger partial charge in [-0.2, -0.15) is 0 Å². The molecule has 5 rings (SSSR count). The first kappa shape index (κ1) is 25.6. The van der Waals surface area contributed by atoms with Crippen LogP contribution in [0.25, 0.3) is 0 Å². The summed E-state index contributed by atoms with van der Waals surface area (Å²) in [6.07, 6.45) is 15.2. The van der Waals surface area contributed by atoms with Crippen LogP contribution in [0, 0.1) is 52.3 Å². The second kappa shape index (κ2) is 9.38. The summed E-state index contributed by atoms with van der Waals surface area (Å²) in [5.74, 6) is 7.91. The predicted molar refractivity (Wildman–Crippen MR) is 149 cm³/mol. The molecule has 11 atom stereocenters. The van der Waals surface area contributed by atoms with Gasteiger partial charge in [-0.3, -0.25) is 4.21 Å². The number of thioether (sulfide) groups is 1. The molecule has 0 aromatic rings. The summed E-state index contributed by atoms with van der Waals surface area (Å²) in [6, 6.07) is 0. The molecule has 1 heterocycles. The van der Waals surface area contributed by atoms with Gasteiger partial charge in [0.1, 0.15) is 0 Å². The van der Waals surface area contributed by atoms with Crippen molar-refractivity contribution in [2.24, 2.45) is 52.3 Å². The molecule has 190 valence electrons. The Morgan fingerprint density at radius 1 is 1.00 bits per heavy atom. The van der Waals surface area contributed by atoms with Crippen molar-refractivity contribution < 1.29 is 4.21 Å². The van der Waals surface area contributed by atoms with Crippen LogP contribution in [-0.4, -0.2) is 24.6 Å². The average molecular weight is 558 g/mol. The highest BCUT2D eigenvalue weighted by molar-refractivity contribution is 9.09. The van der Waals surface area contributed by atoms with Crippen LogP contribution in [0.2, 0.25) is 0 Å². The largest absolute Gasteiger partial charge is 0.258 e. The van der Waals surface area contributed by atoms with Crippen molar-refractivity contribution in [3.63, 3.8) is 0 Å². The highest BCUT2D eigenvalue weighted by Gasteiger charge is 2.68. The number of halogens is 1. The molecule has 0 aromatic carbocycles. The normalized spacial score (nSPS) is 52.5. The smallest absolute Gasteiger partial charge is 0.0945 e. The summed E-state index contributed by atoms with van der Waals surface area (Å²) < 4.78 is 13.8. The third-order valence-corrected chi connectivity index (χ3v) is 17.0. The summed E-state index contributed by atoms with van der Waals surface area (Å²) in [5, 5.41) is 0. The minimum atomic E-state index is -0.648. The Kier molecular flexibility index (Phi) is 7.28. The molecule has 4 aliphatic carbocycles. The molecule has 1 saturated heterocycles. The zero-order chi connectivity index (χ0) is 23.6. The molecule has 1 spiro atoms. The van der Waals surface area contributed by atoms with Gasteiger partial charge < -0.3 is 0 Å². The monoisotopic (exact) mass is 556 g/mol. The van der Waals surface area contributed by atoms with E-state index in [0.717, 1.165) is 47.0 Å². The third-order valence-electron chi connectivity index (χ3n) is 11.8. The number of hydrogen-bond donors (Lipinski definition) is 0. The molecule has 0 bridgehead atoms. The lowest BCUT2D eigenvalue weighted by atomic mass is 9.44. The van der Waals surface area contributed by atoms with E-state index in [-0.39, 0.29) is 4.08 Å². The predicted octanol–water partition coefficient (Wildman–Crippen LogP) is 8.67. The van der Waals surface area contributed by atoms with Crippen LogP contribution in [0.4, 0.5) is 0 Å². The molecule has 0 aromatic heterocycles. The van der Waals surface area contributed by atoms with E-state index >= 15 is 0 Å². The van der Waals surface area contributed by atoms with Crippen molar-refractivity contribution in [3.8, 4) is 0 Å². The fraction of sp³-hybridized carbons (Fsp3) is 1.00. The zero-order valence-electron chi connectivity index (χ0n) is 21.9. The van der Waals surface area contributed by atoms with Gasteiger partial charge in [-0.1, -0.05) is 69.8 Å². The highest BCUT2D eigenvalue weighted by atomic mass is 79.9. The van der Waals surface area contributed by atoms with E-state index in [9.17, 15) is 4.21 Å². The van der Waals surface area contributed by atoms with Gasteiger partial charge >= 0.3 is 0 Å². The fourth-order valence-corrected chi connectivity index (χ4v) is 15.4. The Hall–Kier alpha value is 0.980. The molecule has 0 N–H and O–H groups in total. The van der Waals surface area contributed by atoms with Gasteiger partial charge in [-0.25, -0.2) is 0 Å². The first-order chi connectivity index (χ1) is 15.6. The first-order valence-electron chi connectivity index (χ1n) is 14.3. The minimum absolute atomic E-state index is 0.0571. The van der Waals surface area contributed by atoms with Crippen LogP contribution in [0.15, 0.2) is 0 Å². The average Bonchev–Trinajstić information content (AvgIpc) is 3.29. The van der Waals surface area contributed by atoms with Crippen LogP contribution in [0.3, 0.4) is 0 Å². The fourth-order valence-electron chi connectivity index (χ4n) is 10.2. The van der Waals surface area contributed by atoms with E-state index in [1.165, 1.54) is 70.6 Å². The Labute approximate surface area is 219 Å². The molecule has 5 aliphatic rings. The molecule has 0 amide bonds. The maximum Gasteiger partial charge on any atom is 0.0945 e. The Morgan fingerprint density at radius 2 is 1.73 bits per heavy atom. The summed E-state index contributed by atoms with van der Waals surface area (Å²) in [6.45, 7) is 12.7. The zero-order valence-corrected chi connectivity index (χ0v) is 25.1. The standard InChI is InChI=1S/C29H49BrOS2/c1-19(2)7-6-8-20(3)23-9-10-24-22-18-29(32-15-16-33(29)31)26-17-21(30)11-13-28(26,5)25(22)12-14-27(23,24)4/h19-26H,6-18H2,1-5H3/t20-,21+,22+,23-,24+,25+,26+,27-,28-,29?,33?/m1/s1. The summed E-state index contributed by atoms with van der Waals surface area (Å²) in [4.78, 5) is 0.638. The lowest BCUT2D eigenvalue weighted by Gasteiger charge is -2.65. The SMILES string of the molecule is CC(C)CCC[C@@H](C)[C@H]1CC[C@H]2[C@@H]3CC4(SCCS4=O)[C@H]4C[C@@H](Br)CC[C@]4(C)[C@H]3CC[C@]12C. The molecule has 33 heavy (non-hydrogen) atoms. The van der Waals surface area contributed by atoms with Gasteiger partial charge in [-0.05, 0) is 104 Å². The van der Waals surface area contributed by atoms with Gasteiger partial charge in [-0.15, -0.1) is 11.8 Å². The van der Waals surface area contributed by atoms with E-state index in [1.54, 1.807) is 0 Å². The summed E-state index contributed by atoms with van der Waals surface area (Å²) >= 11 is 6.16. The maximum absolute atomic E-state index is 13.7. The van der Waals surface area contributed by atoms with Crippen molar-refractivity contribution in [1.82, 2.24) is 0 Å². The molecule has 4 saturated carbocycles. The van der Waals surface area contributed by atoms with E-state index < -0.39 is 10.8 Å². The third kappa shape index (κ3) is 4.09. The second-order valence-corrected chi connectivity index (χ2v) is 18.6. The maximum atomic E-state index is 13.7. The van der Waals surface area contributed by atoms with Crippen molar-refractivity contribution >= 4 is 38.5 Å². The molecule has 2 unspecified atom stereocenters. The molecule has 4 heteroatoms. The van der Waals surface area contributed by atoms with Crippen molar-refractivity contribution in [2.75, 3.05) is 11.5 Å². The Bertz CT molecular complexity index is 756. The van der Waals surface area contributed by atoms with E-state index in [4.69, 9.17) is 0 Å². The van der Waals surface area contributed by atoms with E-state index in [2.05, 4.69) is 62.3 Å². The molecule has 5 fully saturated rings. The number of rotatable bonds is 5. The van der Waals surface area contributed by atoms with Crippen LogP contribution in [0.1, 0.15) is 105 Å². The Balaban J connectivity index is 1.42. The lowest BCUT2D eigenvalue weighted by Crippen LogP contribution is -2.62. The number of fused-ring (bicyclic) bond motifs is 6. The van der Waals surface area contributed by atoms with E-state index in [0.29, 0.717) is 21.6 Å². The van der Waals surface area contributed by atoms with Gasteiger partial charge in [0.25, 0.3) is 0 Å². The van der Waals surface area contributed by atoms with Crippen LogP contribution >= 0.6 is 27.7 Å².